The van der Waals surface area contributed by atoms with Crippen molar-refractivity contribution < 1.29 is 19.2 Å². The first kappa shape index (κ1) is 21.6. The van der Waals surface area contributed by atoms with E-state index in [1.165, 1.54) is 19.6 Å². The van der Waals surface area contributed by atoms with Gasteiger partial charge in [-0.25, -0.2) is 10.2 Å². The molecule has 1 aromatic carbocycles. The molecule has 1 fully saturated rings. The first-order chi connectivity index (χ1) is 14.8. The highest BCUT2D eigenvalue weighted by molar-refractivity contribution is 6.33. The summed E-state index contributed by atoms with van der Waals surface area (Å²) in [6, 6.07) is 5.18. The number of benzene rings is 1. The van der Waals surface area contributed by atoms with Gasteiger partial charge in [0.05, 0.1) is 42.1 Å². The van der Waals surface area contributed by atoms with Crippen LogP contribution in [0.4, 0.5) is 5.69 Å². The summed E-state index contributed by atoms with van der Waals surface area (Å²) in [6.45, 7) is 3.29. The summed E-state index contributed by atoms with van der Waals surface area (Å²) in [5, 5.41) is 16.3. The number of carbonyl (C=O) groups excluding carboxylic acids is 1. The van der Waals surface area contributed by atoms with Crippen molar-refractivity contribution in [1.29, 1.82) is 0 Å². The van der Waals surface area contributed by atoms with Crippen molar-refractivity contribution in [3.8, 4) is 17.3 Å². The molecule has 1 aliphatic rings. The number of hydrogen-bond acceptors (Lipinski definition) is 6. The Labute approximate surface area is 188 Å². The van der Waals surface area contributed by atoms with Crippen LogP contribution in [0.15, 0.2) is 35.1 Å². The van der Waals surface area contributed by atoms with E-state index in [0.29, 0.717) is 64.9 Å². The molecule has 9 nitrogen and oxygen atoms in total. The zero-order valence-electron chi connectivity index (χ0n) is 17.1. The molecule has 31 heavy (non-hydrogen) atoms. The molecule has 0 spiro atoms. The van der Waals surface area contributed by atoms with Gasteiger partial charge < -0.3 is 14.1 Å². The molecule has 0 aliphatic carbocycles. The standard InChI is InChI=1S/C20H22Cl2N5O4/c1-13-18(22)19(20-23-5-10-31-20)24-26(13)12-17(28)25-6-8-27(29,9-7-25)14-3-4-15(21)16(11-14)30-2/h3-5,10-11,29H,6-9,12H2,1-2H3/q+1. The summed E-state index contributed by atoms with van der Waals surface area (Å²) in [4.78, 5) is 18.6. The molecule has 0 unspecified atom stereocenters. The van der Waals surface area contributed by atoms with E-state index in [0.717, 1.165) is 0 Å². The van der Waals surface area contributed by atoms with Gasteiger partial charge in [0.15, 0.2) is 11.4 Å². The Bertz CT molecular complexity index is 1090. The van der Waals surface area contributed by atoms with Gasteiger partial charge in [-0.15, -0.1) is 4.65 Å². The fraction of sp³-hybridized carbons (Fsp3) is 0.350. The molecule has 2 aromatic heterocycles. The van der Waals surface area contributed by atoms with Crippen LogP contribution in [0.25, 0.3) is 11.6 Å². The number of halogens is 2. The second-order valence-electron chi connectivity index (χ2n) is 7.31. The Morgan fingerprint density at radius 3 is 2.71 bits per heavy atom. The van der Waals surface area contributed by atoms with Crippen LogP contribution in [-0.4, -0.2) is 64.1 Å². The molecule has 0 radical (unpaired) electrons. The summed E-state index contributed by atoms with van der Waals surface area (Å²) in [7, 11) is 1.53. The van der Waals surface area contributed by atoms with E-state index in [-0.39, 0.29) is 17.1 Å². The highest BCUT2D eigenvalue weighted by atomic mass is 35.5. The van der Waals surface area contributed by atoms with Crippen LogP contribution in [0.2, 0.25) is 10.0 Å². The van der Waals surface area contributed by atoms with Gasteiger partial charge in [0.1, 0.15) is 31.6 Å². The van der Waals surface area contributed by atoms with Crippen LogP contribution in [0.1, 0.15) is 5.69 Å². The van der Waals surface area contributed by atoms with Crippen molar-refractivity contribution in [2.75, 3.05) is 33.3 Å². The molecule has 3 aromatic rings. The smallest absolute Gasteiger partial charge is 0.248 e. The van der Waals surface area contributed by atoms with Gasteiger partial charge in [-0.05, 0) is 13.0 Å². The van der Waals surface area contributed by atoms with E-state index >= 15 is 0 Å². The number of hydrogen-bond donors (Lipinski definition) is 1. The van der Waals surface area contributed by atoms with E-state index in [4.69, 9.17) is 32.4 Å². The lowest BCUT2D eigenvalue weighted by Crippen LogP contribution is -2.60. The average molecular weight is 467 g/mol. The number of nitrogens with zero attached hydrogens (tertiary/aromatic N) is 5. The molecule has 11 heteroatoms. The molecule has 1 amide bonds. The third kappa shape index (κ3) is 4.14. The van der Waals surface area contributed by atoms with E-state index < -0.39 is 0 Å². The maximum absolute atomic E-state index is 12.9. The summed E-state index contributed by atoms with van der Waals surface area (Å²) < 4.78 is 11.8. The van der Waals surface area contributed by atoms with E-state index in [1.807, 2.05) is 0 Å². The molecule has 0 saturated carbocycles. The SMILES string of the molecule is COc1cc([N+]2(O)CCN(C(=O)Cn3nc(-c4ncco4)c(Cl)c3C)CC2)ccc1Cl. The number of quaternary nitrogens is 1. The minimum Gasteiger partial charge on any atom is -0.495 e. The molecule has 3 heterocycles. The topological polar surface area (TPSA) is 93.6 Å². The minimum absolute atomic E-state index is 0.0342. The number of oxazole rings is 1. The molecule has 1 N–H and O–H groups in total. The predicted octanol–water partition coefficient (Wildman–Crippen LogP) is 3.40. The van der Waals surface area contributed by atoms with E-state index in [1.54, 1.807) is 34.7 Å². The van der Waals surface area contributed by atoms with Gasteiger partial charge in [-0.3, -0.25) is 9.48 Å². The number of rotatable bonds is 5. The maximum atomic E-state index is 12.9. The van der Waals surface area contributed by atoms with Gasteiger partial charge in [0.2, 0.25) is 11.8 Å². The highest BCUT2D eigenvalue weighted by Gasteiger charge is 2.36. The fourth-order valence-corrected chi connectivity index (χ4v) is 4.01. The van der Waals surface area contributed by atoms with Crippen LogP contribution in [0, 0.1) is 6.92 Å². The van der Waals surface area contributed by atoms with Crippen molar-refractivity contribution in [3.63, 3.8) is 0 Å². The number of amides is 1. The number of aromatic nitrogens is 3. The number of piperazine rings is 1. The van der Waals surface area contributed by atoms with Gasteiger partial charge in [-0.1, -0.05) is 23.2 Å². The Balaban J connectivity index is 1.44. The largest absolute Gasteiger partial charge is 0.495 e. The zero-order chi connectivity index (χ0) is 22.2. The average Bonchev–Trinajstić information content (AvgIpc) is 3.39. The molecule has 164 valence electrons. The van der Waals surface area contributed by atoms with Crippen molar-refractivity contribution in [3.05, 3.63) is 46.4 Å². The lowest BCUT2D eigenvalue weighted by Gasteiger charge is -2.38. The van der Waals surface area contributed by atoms with Crippen molar-refractivity contribution in [2.24, 2.45) is 0 Å². The monoisotopic (exact) mass is 466 g/mol. The van der Waals surface area contributed by atoms with Gasteiger partial charge >= 0.3 is 0 Å². The van der Waals surface area contributed by atoms with Crippen LogP contribution in [0.3, 0.4) is 0 Å². The van der Waals surface area contributed by atoms with E-state index in [9.17, 15) is 10.0 Å². The predicted molar refractivity (Wildman–Crippen MR) is 115 cm³/mol. The van der Waals surface area contributed by atoms with Crippen LogP contribution < -0.4 is 9.38 Å². The second-order valence-corrected chi connectivity index (χ2v) is 8.10. The lowest BCUT2D eigenvalue weighted by atomic mass is 10.2. The Hall–Kier alpha value is -2.59. The Morgan fingerprint density at radius 1 is 1.32 bits per heavy atom. The number of hydroxylamine groups is 2. The van der Waals surface area contributed by atoms with E-state index in [2.05, 4.69) is 10.1 Å². The van der Waals surface area contributed by atoms with Gasteiger partial charge in [0, 0.05) is 12.1 Å². The van der Waals surface area contributed by atoms with Gasteiger partial charge in [-0.2, -0.15) is 5.10 Å². The van der Waals surface area contributed by atoms with Crippen LogP contribution in [0.5, 0.6) is 5.75 Å². The summed E-state index contributed by atoms with van der Waals surface area (Å²) in [5.74, 6) is 0.691. The molecular formula is C20H22Cl2N5O4+. The normalized spacial score (nSPS) is 15.8. The summed E-state index contributed by atoms with van der Waals surface area (Å²) in [5.41, 5.74) is 1.72. The number of ether oxygens (including phenoxy) is 1. The highest BCUT2D eigenvalue weighted by Crippen LogP contribution is 2.33. The van der Waals surface area contributed by atoms with Crippen LogP contribution >= 0.6 is 23.2 Å². The van der Waals surface area contributed by atoms with Crippen molar-refractivity contribution in [2.45, 2.75) is 13.5 Å². The van der Waals surface area contributed by atoms with Crippen molar-refractivity contribution >= 4 is 34.8 Å². The maximum Gasteiger partial charge on any atom is 0.248 e. The Kier molecular flexibility index (Phi) is 5.94. The first-order valence-corrected chi connectivity index (χ1v) is 10.4. The molecule has 0 atom stereocenters. The molecule has 4 rings (SSSR count). The third-order valence-electron chi connectivity index (χ3n) is 5.50. The quantitative estimate of drug-likeness (QED) is 0.579. The van der Waals surface area contributed by atoms with Crippen LogP contribution in [-0.2, 0) is 11.3 Å². The molecular weight excluding hydrogens is 445 g/mol. The number of carbonyl (C=O) groups is 1. The molecule has 1 saturated heterocycles. The summed E-state index contributed by atoms with van der Waals surface area (Å²) in [6.07, 6.45) is 2.95. The van der Waals surface area contributed by atoms with Gasteiger partial charge in [0.25, 0.3) is 0 Å². The zero-order valence-corrected chi connectivity index (χ0v) is 18.6. The lowest BCUT2D eigenvalue weighted by molar-refractivity contribution is -0.143. The summed E-state index contributed by atoms with van der Waals surface area (Å²) >= 11 is 12.4. The fourth-order valence-electron chi connectivity index (χ4n) is 3.59. The molecule has 0 bridgehead atoms. The second kappa shape index (κ2) is 8.51. The molecule has 1 aliphatic heterocycles. The van der Waals surface area contributed by atoms with Crippen molar-refractivity contribution in [1.82, 2.24) is 24.3 Å². The minimum atomic E-state index is -0.293. The third-order valence-corrected chi connectivity index (χ3v) is 6.27. The number of methoxy groups -OCH3 is 1. The first-order valence-electron chi connectivity index (χ1n) is 9.67. The Morgan fingerprint density at radius 2 is 2.06 bits per heavy atom.